The highest BCUT2D eigenvalue weighted by Gasteiger charge is 2.07. The third-order valence-electron chi connectivity index (χ3n) is 2.19. The average Bonchev–Trinajstić information content (AvgIpc) is 2.45. The number of halogens is 2. The van der Waals surface area contributed by atoms with E-state index in [0.29, 0.717) is 0 Å². The van der Waals surface area contributed by atoms with Gasteiger partial charge in [-0.2, -0.15) is 0 Å². The van der Waals surface area contributed by atoms with E-state index in [4.69, 9.17) is 11.6 Å². The van der Waals surface area contributed by atoms with Crippen molar-refractivity contribution in [3.63, 3.8) is 0 Å². The van der Waals surface area contributed by atoms with Crippen molar-refractivity contribution in [1.29, 1.82) is 0 Å². The van der Waals surface area contributed by atoms with Crippen molar-refractivity contribution in [2.75, 3.05) is 0 Å². The van der Waals surface area contributed by atoms with Crippen LogP contribution in [0.15, 0.2) is 24.4 Å². The van der Waals surface area contributed by atoms with E-state index in [1.807, 2.05) is 12.1 Å². The van der Waals surface area contributed by atoms with E-state index in [-0.39, 0.29) is 0 Å². The summed E-state index contributed by atoms with van der Waals surface area (Å²) in [4.78, 5) is 0. The Bertz CT molecular complexity index is 447. The lowest BCUT2D eigenvalue weighted by Crippen LogP contribution is -1.82. The topological polar surface area (TPSA) is 4.93 Å². The molecule has 13 heavy (non-hydrogen) atoms. The minimum absolute atomic E-state index is 0.852. The summed E-state index contributed by atoms with van der Waals surface area (Å²) in [5.41, 5.74) is 2.52. The largest absolute Gasteiger partial charge is 0.350 e. The molecule has 0 bridgehead atoms. The van der Waals surface area contributed by atoms with E-state index < -0.39 is 0 Å². The highest BCUT2D eigenvalue weighted by molar-refractivity contribution is 14.1. The molecule has 0 aliphatic carbocycles. The lowest BCUT2D eigenvalue weighted by Gasteiger charge is -1.97. The fraction of sp³-hybridized carbons (Fsp3) is 0.200. The summed E-state index contributed by atoms with van der Waals surface area (Å²) >= 11 is 8.50. The van der Waals surface area contributed by atoms with E-state index in [0.717, 1.165) is 9.45 Å². The second-order valence-corrected chi connectivity index (χ2v) is 4.20. The van der Waals surface area contributed by atoms with Crippen molar-refractivity contribution in [2.24, 2.45) is 7.05 Å². The fourth-order valence-corrected chi connectivity index (χ4v) is 2.46. The van der Waals surface area contributed by atoms with Crippen LogP contribution in [0.25, 0.3) is 10.9 Å². The predicted octanol–water partition coefficient (Wildman–Crippen LogP) is 3.77. The molecular formula is C10H9ClIN. The molecule has 0 saturated carbocycles. The van der Waals surface area contributed by atoms with Gasteiger partial charge in [0.05, 0.1) is 5.02 Å². The van der Waals surface area contributed by atoms with Crippen molar-refractivity contribution < 1.29 is 0 Å². The Morgan fingerprint density at radius 2 is 2.23 bits per heavy atom. The summed E-state index contributed by atoms with van der Waals surface area (Å²) in [5.74, 6) is 0. The second-order valence-electron chi connectivity index (χ2n) is 3.03. The van der Waals surface area contributed by atoms with Gasteiger partial charge in [0.2, 0.25) is 0 Å². The highest BCUT2D eigenvalue weighted by atomic mass is 127. The van der Waals surface area contributed by atoms with Gasteiger partial charge in [0.25, 0.3) is 0 Å². The number of aromatic nitrogens is 1. The van der Waals surface area contributed by atoms with Gasteiger partial charge < -0.3 is 4.57 Å². The number of hydrogen-bond acceptors (Lipinski definition) is 0. The number of nitrogens with zero attached hydrogens (tertiary/aromatic N) is 1. The molecule has 0 saturated heterocycles. The maximum absolute atomic E-state index is 6.14. The molecule has 0 spiro atoms. The fourth-order valence-electron chi connectivity index (χ4n) is 1.59. The zero-order valence-electron chi connectivity index (χ0n) is 7.22. The number of rotatable bonds is 1. The first-order valence-corrected chi connectivity index (χ1v) is 5.93. The minimum atomic E-state index is 0.852. The van der Waals surface area contributed by atoms with Crippen LogP contribution in [0, 0.1) is 0 Å². The van der Waals surface area contributed by atoms with Gasteiger partial charge in [0.15, 0.2) is 0 Å². The molecule has 2 aromatic rings. The van der Waals surface area contributed by atoms with Crippen molar-refractivity contribution in [3.05, 3.63) is 35.0 Å². The molecule has 0 aliphatic rings. The Balaban J connectivity index is 2.89. The molecular weight excluding hydrogens is 296 g/mol. The van der Waals surface area contributed by atoms with Crippen LogP contribution in [0.3, 0.4) is 0 Å². The summed E-state index contributed by atoms with van der Waals surface area (Å²) in [6.45, 7) is 0. The summed E-state index contributed by atoms with van der Waals surface area (Å²) in [6.07, 6.45) is 2.14. The third kappa shape index (κ3) is 1.46. The SMILES string of the molecule is Cn1cc(CI)c2c(Cl)cccc21. The first-order chi connectivity index (χ1) is 6.24. The summed E-state index contributed by atoms with van der Waals surface area (Å²) in [7, 11) is 2.05. The number of benzene rings is 1. The number of fused-ring (bicyclic) bond motifs is 1. The van der Waals surface area contributed by atoms with Crippen LogP contribution < -0.4 is 0 Å². The molecule has 0 N–H and O–H groups in total. The Kier molecular flexibility index (Phi) is 2.51. The van der Waals surface area contributed by atoms with Gasteiger partial charge in [0, 0.05) is 28.6 Å². The quantitative estimate of drug-likeness (QED) is 0.558. The van der Waals surface area contributed by atoms with Gasteiger partial charge in [-0.05, 0) is 17.7 Å². The maximum Gasteiger partial charge on any atom is 0.0502 e. The lowest BCUT2D eigenvalue weighted by atomic mass is 10.2. The predicted molar refractivity (Wildman–Crippen MR) is 65.7 cm³/mol. The maximum atomic E-state index is 6.14. The third-order valence-corrected chi connectivity index (χ3v) is 3.32. The van der Waals surface area contributed by atoms with Gasteiger partial charge >= 0.3 is 0 Å². The molecule has 1 nitrogen and oxygen atoms in total. The number of hydrogen-bond donors (Lipinski definition) is 0. The Morgan fingerprint density at radius 1 is 1.46 bits per heavy atom. The first-order valence-electron chi connectivity index (χ1n) is 4.02. The van der Waals surface area contributed by atoms with E-state index in [1.165, 1.54) is 16.5 Å². The Labute approximate surface area is 95.8 Å². The van der Waals surface area contributed by atoms with Gasteiger partial charge in [0.1, 0.15) is 0 Å². The van der Waals surface area contributed by atoms with Crippen LogP contribution in [0.4, 0.5) is 0 Å². The lowest BCUT2D eigenvalue weighted by molar-refractivity contribution is 0.964. The standard InChI is InChI=1S/C10H9ClIN/c1-13-6-7(5-12)10-8(11)3-2-4-9(10)13/h2-4,6H,5H2,1H3. The first kappa shape index (κ1) is 9.34. The monoisotopic (exact) mass is 305 g/mol. The molecule has 0 fully saturated rings. The van der Waals surface area contributed by atoms with Crippen LogP contribution in [0.5, 0.6) is 0 Å². The number of alkyl halides is 1. The zero-order valence-corrected chi connectivity index (χ0v) is 10.1. The molecule has 1 aromatic heterocycles. The molecule has 1 heterocycles. The van der Waals surface area contributed by atoms with Crippen molar-refractivity contribution in [3.8, 4) is 0 Å². The van der Waals surface area contributed by atoms with E-state index in [2.05, 4.69) is 46.5 Å². The molecule has 68 valence electrons. The summed E-state index contributed by atoms with van der Waals surface area (Å²) in [5, 5.41) is 2.05. The molecule has 0 unspecified atom stereocenters. The van der Waals surface area contributed by atoms with Crippen molar-refractivity contribution in [1.82, 2.24) is 4.57 Å². The summed E-state index contributed by atoms with van der Waals surface area (Å²) < 4.78 is 3.12. The zero-order chi connectivity index (χ0) is 9.42. The van der Waals surface area contributed by atoms with Crippen LogP contribution in [0.1, 0.15) is 5.56 Å². The van der Waals surface area contributed by atoms with Gasteiger partial charge in [-0.25, -0.2) is 0 Å². The Morgan fingerprint density at radius 3 is 2.92 bits per heavy atom. The highest BCUT2D eigenvalue weighted by Crippen LogP contribution is 2.29. The van der Waals surface area contributed by atoms with Crippen LogP contribution in [-0.4, -0.2) is 4.57 Å². The smallest absolute Gasteiger partial charge is 0.0502 e. The van der Waals surface area contributed by atoms with Crippen LogP contribution >= 0.6 is 34.2 Å². The van der Waals surface area contributed by atoms with Crippen LogP contribution in [0.2, 0.25) is 5.02 Å². The molecule has 0 radical (unpaired) electrons. The average molecular weight is 306 g/mol. The molecule has 0 amide bonds. The molecule has 0 aliphatic heterocycles. The van der Waals surface area contributed by atoms with Crippen molar-refractivity contribution >= 4 is 45.1 Å². The second kappa shape index (κ2) is 3.50. The molecule has 1 aromatic carbocycles. The van der Waals surface area contributed by atoms with Gasteiger partial charge in [-0.1, -0.05) is 40.3 Å². The van der Waals surface area contributed by atoms with E-state index in [1.54, 1.807) is 0 Å². The van der Waals surface area contributed by atoms with E-state index >= 15 is 0 Å². The Hall–Kier alpha value is -0.220. The van der Waals surface area contributed by atoms with Crippen LogP contribution in [-0.2, 0) is 11.5 Å². The molecule has 2 rings (SSSR count). The summed E-state index contributed by atoms with van der Waals surface area (Å²) in [6, 6.07) is 6.03. The number of aryl methyl sites for hydroxylation is 1. The van der Waals surface area contributed by atoms with Crippen molar-refractivity contribution in [2.45, 2.75) is 4.43 Å². The minimum Gasteiger partial charge on any atom is -0.350 e. The molecule has 3 heteroatoms. The molecule has 0 atom stereocenters. The van der Waals surface area contributed by atoms with Gasteiger partial charge in [-0.3, -0.25) is 0 Å². The normalized spacial score (nSPS) is 11.0. The van der Waals surface area contributed by atoms with E-state index in [9.17, 15) is 0 Å². The van der Waals surface area contributed by atoms with Gasteiger partial charge in [-0.15, -0.1) is 0 Å².